The first-order valence-corrected chi connectivity index (χ1v) is 4.07. The SMILES string of the molecule is Nc1c([N+](=O)[O-])cnc2cc(F)ccc12. The summed E-state index contributed by atoms with van der Waals surface area (Å²) in [6.07, 6.45) is 1.02. The second-order valence-corrected chi connectivity index (χ2v) is 2.98. The van der Waals surface area contributed by atoms with Gasteiger partial charge in [0.15, 0.2) is 0 Å². The molecule has 0 amide bonds. The molecule has 2 N–H and O–H groups in total. The first-order chi connectivity index (χ1) is 7.09. The molecule has 0 spiro atoms. The van der Waals surface area contributed by atoms with Gasteiger partial charge in [0.05, 0.1) is 10.4 Å². The molecule has 0 saturated heterocycles. The van der Waals surface area contributed by atoms with Crippen LogP contribution in [0.4, 0.5) is 15.8 Å². The van der Waals surface area contributed by atoms with E-state index in [9.17, 15) is 14.5 Å². The lowest BCUT2D eigenvalue weighted by Crippen LogP contribution is -1.98. The van der Waals surface area contributed by atoms with Gasteiger partial charge in [-0.25, -0.2) is 9.37 Å². The Labute approximate surface area is 83.5 Å². The molecule has 0 radical (unpaired) electrons. The normalized spacial score (nSPS) is 10.5. The Morgan fingerprint density at radius 2 is 2.20 bits per heavy atom. The third kappa shape index (κ3) is 1.45. The summed E-state index contributed by atoms with van der Waals surface area (Å²) in [5, 5.41) is 10.9. The molecular formula is C9H6FN3O2. The van der Waals surface area contributed by atoms with Crippen molar-refractivity contribution in [2.24, 2.45) is 0 Å². The number of anilines is 1. The number of pyridine rings is 1. The molecule has 1 heterocycles. The molecular weight excluding hydrogens is 201 g/mol. The molecule has 5 nitrogen and oxygen atoms in total. The topological polar surface area (TPSA) is 82.0 Å². The van der Waals surface area contributed by atoms with Crippen molar-refractivity contribution < 1.29 is 9.31 Å². The molecule has 76 valence electrons. The second kappa shape index (κ2) is 3.16. The molecule has 1 aromatic heterocycles. The van der Waals surface area contributed by atoms with E-state index in [0.717, 1.165) is 6.20 Å². The van der Waals surface area contributed by atoms with Crippen molar-refractivity contribution in [3.05, 3.63) is 40.3 Å². The van der Waals surface area contributed by atoms with Crippen molar-refractivity contribution in [2.45, 2.75) is 0 Å². The van der Waals surface area contributed by atoms with Gasteiger partial charge in [0.2, 0.25) is 0 Å². The lowest BCUT2D eigenvalue weighted by molar-refractivity contribution is -0.384. The molecule has 6 heteroatoms. The number of aromatic nitrogens is 1. The number of fused-ring (bicyclic) bond motifs is 1. The molecule has 0 aliphatic heterocycles. The first-order valence-electron chi connectivity index (χ1n) is 4.07. The van der Waals surface area contributed by atoms with Gasteiger partial charge in [-0.3, -0.25) is 10.1 Å². The predicted molar refractivity (Wildman–Crippen MR) is 52.8 cm³/mol. The number of rotatable bonds is 1. The Hall–Kier alpha value is -2.24. The van der Waals surface area contributed by atoms with Gasteiger partial charge in [0.1, 0.15) is 17.7 Å². The van der Waals surface area contributed by atoms with E-state index in [2.05, 4.69) is 4.98 Å². The maximum atomic E-state index is 12.8. The average Bonchev–Trinajstić information content (AvgIpc) is 2.17. The lowest BCUT2D eigenvalue weighted by atomic mass is 10.1. The van der Waals surface area contributed by atoms with Crippen LogP contribution in [-0.2, 0) is 0 Å². The summed E-state index contributed by atoms with van der Waals surface area (Å²) in [7, 11) is 0. The number of nitrogen functional groups attached to an aromatic ring is 1. The summed E-state index contributed by atoms with van der Waals surface area (Å²) >= 11 is 0. The molecule has 0 aliphatic rings. The minimum absolute atomic E-state index is 0.00463. The lowest BCUT2D eigenvalue weighted by Gasteiger charge is -2.01. The van der Waals surface area contributed by atoms with Crippen LogP contribution < -0.4 is 5.73 Å². The summed E-state index contributed by atoms with van der Waals surface area (Å²) in [6, 6.07) is 3.74. The summed E-state index contributed by atoms with van der Waals surface area (Å²) in [5.41, 5.74) is 5.60. The largest absolute Gasteiger partial charge is 0.393 e. The van der Waals surface area contributed by atoms with E-state index in [1.807, 2.05) is 0 Å². The van der Waals surface area contributed by atoms with Gasteiger partial charge in [-0.05, 0) is 12.1 Å². The molecule has 0 fully saturated rings. The molecule has 2 rings (SSSR count). The third-order valence-electron chi connectivity index (χ3n) is 2.05. The third-order valence-corrected chi connectivity index (χ3v) is 2.05. The molecule has 0 aliphatic carbocycles. The number of hydrogen-bond acceptors (Lipinski definition) is 4. The van der Waals surface area contributed by atoms with Crippen LogP contribution in [0.5, 0.6) is 0 Å². The van der Waals surface area contributed by atoms with Gasteiger partial charge in [0, 0.05) is 11.5 Å². The fraction of sp³-hybridized carbons (Fsp3) is 0. The van der Waals surface area contributed by atoms with E-state index in [1.165, 1.54) is 18.2 Å². The molecule has 0 unspecified atom stereocenters. The van der Waals surface area contributed by atoms with Crippen molar-refractivity contribution in [1.29, 1.82) is 0 Å². The molecule has 0 atom stereocenters. The zero-order chi connectivity index (χ0) is 11.0. The van der Waals surface area contributed by atoms with Crippen molar-refractivity contribution >= 4 is 22.3 Å². The fourth-order valence-corrected chi connectivity index (χ4v) is 1.32. The van der Waals surface area contributed by atoms with Crippen LogP contribution in [0, 0.1) is 15.9 Å². The molecule has 15 heavy (non-hydrogen) atoms. The Morgan fingerprint density at radius 3 is 2.87 bits per heavy atom. The van der Waals surface area contributed by atoms with Crippen molar-refractivity contribution in [3.8, 4) is 0 Å². The average molecular weight is 207 g/mol. The van der Waals surface area contributed by atoms with E-state index in [0.29, 0.717) is 10.9 Å². The summed E-state index contributed by atoms with van der Waals surface area (Å²) < 4.78 is 12.8. The van der Waals surface area contributed by atoms with E-state index in [4.69, 9.17) is 5.73 Å². The van der Waals surface area contributed by atoms with Crippen molar-refractivity contribution in [2.75, 3.05) is 5.73 Å². The van der Waals surface area contributed by atoms with E-state index in [-0.39, 0.29) is 11.4 Å². The van der Waals surface area contributed by atoms with Crippen LogP contribution in [0.2, 0.25) is 0 Å². The Balaban J connectivity index is 2.80. The van der Waals surface area contributed by atoms with Crippen molar-refractivity contribution in [3.63, 3.8) is 0 Å². The number of halogens is 1. The van der Waals surface area contributed by atoms with Crippen LogP contribution in [0.25, 0.3) is 10.9 Å². The van der Waals surface area contributed by atoms with Crippen LogP contribution in [0.3, 0.4) is 0 Å². The van der Waals surface area contributed by atoms with E-state index >= 15 is 0 Å². The second-order valence-electron chi connectivity index (χ2n) is 2.98. The summed E-state index contributed by atoms with van der Waals surface area (Å²) in [6.45, 7) is 0. The van der Waals surface area contributed by atoms with Crippen LogP contribution in [0.1, 0.15) is 0 Å². The number of nitro groups is 1. The maximum absolute atomic E-state index is 12.8. The quantitative estimate of drug-likeness (QED) is 0.571. The highest BCUT2D eigenvalue weighted by Gasteiger charge is 2.14. The smallest absolute Gasteiger partial charge is 0.310 e. The molecule has 0 bridgehead atoms. The summed E-state index contributed by atoms with van der Waals surface area (Å²) in [4.78, 5) is 13.7. The number of nitrogens with two attached hydrogens (primary N) is 1. The van der Waals surface area contributed by atoms with Gasteiger partial charge < -0.3 is 5.73 Å². The number of hydrogen-bond donors (Lipinski definition) is 1. The van der Waals surface area contributed by atoms with E-state index in [1.54, 1.807) is 0 Å². The highest BCUT2D eigenvalue weighted by atomic mass is 19.1. The van der Waals surface area contributed by atoms with Gasteiger partial charge in [-0.1, -0.05) is 0 Å². The van der Waals surface area contributed by atoms with Crippen LogP contribution >= 0.6 is 0 Å². The zero-order valence-electron chi connectivity index (χ0n) is 7.48. The highest BCUT2D eigenvalue weighted by molar-refractivity contribution is 5.94. The van der Waals surface area contributed by atoms with E-state index < -0.39 is 10.7 Å². The van der Waals surface area contributed by atoms with Gasteiger partial charge in [0.25, 0.3) is 0 Å². The fourth-order valence-electron chi connectivity index (χ4n) is 1.32. The monoisotopic (exact) mass is 207 g/mol. The highest BCUT2D eigenvalue weighted by Crippen LogP contribution is 2.28. The Kier molecular flexibility index (Phi) is 1.96. The Morgan fingerprint density at radius 1 is 1.47 bits per heavy atom. The Bertz CT molecular complexity index is 556. The first kappa shape index (κ1) is 9.32. The number of nitrogens with zero attached hydrogens (tertiary/aromatic N) is 2. The molecule has 1 aromatic carbocycles. The standard InChI is InChI=1S/C9H6FN3O2/c10-5-1-2-6-7(3-5)12-4-8(9(6)11)13(14)15/h1-4H,(H2,11,12). The van der Waals surface area contributed by atoms with Gasteiger partial charge in [-0.15, -0.1) is 0 Å². The summed E-state index contributed by atoms with van der Waals surface area (Å²) in [5.74, 6) is -0.455. The van der Waals surface area contributed by atoms with Crippen LogP contribution in [-0.4, -0.2) is 9.91 Å². The molecule has 2 aromatic rings. The predicted octanol–water partition coefficient (Wildman–Crippen LogP) is 1.86. The zero-order valence-corrected chi connectivity index (χ0v) is 7.48. The van der Waals surface area contributed by atoms with Crippen LogP contribution in [0.15, 0.2) is 24.4 Å². The number of benzene rings is 1. The molecule has 0 saturated carbocycles. The van der Waals surface area contributed by atoms with Crippen molar-refractivity contribution in [1.82, 2.24) is 4.98 Å². The minimum Gasteiger partial charge on any atom is -0.393 e. The van der Waals surface area contributed by atoms with Gasteiger partial charge in [-0.2, -0.15) is 0 Å². The van der Waals surface area contributed by atoms with Gasteiger partial charge >= 0.3 is 5.69 Å². The maximum Gasteiger partial charge on any atom is 0.310 e. The minimum atomic E-state index is -0.620.